The third-order valence-electron chi connectivity index (χ3n) is 3.34. The number of anilines is 2. The van der Waals surface area contributed by atoms with Crippen LogP contribution in [0.3, 0.4) is 0 Å². The molecule has 134 valence electrons. The van der Waals surface area contributed by atoms with Gasteiger partial charge in [0.2, 0.25) is 5.89 Å². The van der Waals surface area contributed by atoms with E-state index >= 15 is 0 Å². The van der Waals surface area contributed by atoms with E-state index in [9.17, 15) is 4.79 Å². The third kappa shape index (κ3) is 4.87. The Kier molecular flexibility index (Phi) is 5.28. The Morgan fingerprint density at radius 1 is 1.12 bits per heavy atom. The van der Waals surface area contributed by atoms with Crippen molar-refractivity contribution in [3.05, 3.63) is 47.7 Å². The second kappa shape index (κ2) is 7.62. The first-order valence-electron chi connectivity index (χ1n) is 7.98. The van der Waals surface area contributed by atoms with Crippen LogP contribution in [0.4, 0.5) is 15.6 Å². The van der Waals surface area contributed by atoms with Crippen molar-refractivity contribution in [1.29, 1.82) is 0 Å². The van der Waals surface area contributed by atoms with Crippen LogP contribution in [0.2, 0.25) is 19.6 Å². The lowest BCUT2D eigenvalue weighted by Gasteiger charge is -2.09. The first-order valence-corrected chi connectivity index (χ1v) is 12.3. The zero-order valence-electron chi connectivity index (χ0n) is 14.7. The van der Waals surface area contributed by atoms with Crippen molar-refractivity contribution in [3.8, 4) is 0 Å². The van der Waals surface area contributed by atoms with E-state index in [2.05, 4.69) is 45.2 Å². The van der Waals surface area contributed by atoms with Crippen LogP contribution < -0.4 is 16.0 Å². The maximum atomic E-state index is 12.0. The number of oxazole rings is 1. The first kappa shape index (κ1) is 18.0. The molecule has 3 aromatic rings. The van der Waals surface area contributed by atoms with Gasteiger partial charge in [-0.3, -0.25) is 10.3 Å². The van der Waals surface area contributed by atoms with E-state index in [4.69, 9.17) is 4.42 Å². The van der Waals surface area contributed by atoms with E-state index in [1.165, 1.54) is 11.3 Å². The minimum Gasteiger partial charge on any atom is -0.447 e. The molecule has 2 N–H and O–H groups in total. The Balaban J connectivity index is 1.59. The average Bonchev–Trinajstić information content (AvgIpc) is 3.22. The third-order valence-corrected chi connectivity index (χ3v) is 5.92. The van der Waals surface area contributed by atoms with Gasteiger partial charge in [-0.25, -0.2) is 14.8 Å². The molecule has 0 atom stereocenters. The number of urea groups is 1. The molecule has 0 aliphatic carbocycles. The predicted molar refractivity (Wildman–Crippen MR) is 107 cm³/mol. The van der Waals surface area contributed by atoms with E-state index in [1.807, 2.05) is 6.08 Å². The van der Waals surface area contributed by atoms with Gasteiger partial charge in [0.25, 0.3) is 0 Å². The van der Waals surface area contributed by atoms with Gasteiger partial charge in [-0.05, 0) is 18.2 Å². The van der Waals surface area contributed by atoms with Crippen LogP contribution in [0.5, 0.6) is 0 Å². The maximum absolute atomic E-state index is 12.0. The molecule has 2 amide bonds. The Labute approximate surface area is 156 Å². The smallest absolute Gasteiger partial charge is 0.325 e. The molecule has 0 aliphatic heterocycles. The number of carbonyl (C=O) groups excluding carboxylic acids is 1. The van der Waals surface area contributed by atoms with Gasteiger partial charge in [-0.1, -0.05) is 31.0 Å². The zero-order valence-corrected chi connectivity index (χ0v) is 16.5. The predicted octanol–water partition coefficient (Wildman–Crippen LogP) is 3.89. The van der Waals surface area contributed by atoms with Gasteiger partial charge in [0, 0.05) is 35.2 Å². The topological polar surface area (TPSA) is 92.9 Å². The summed E-state index contributed by atoms with van der Waals surface area (Å²) in [6, 6.07) is 3.06. The van der Waals surface area contributed by atoms with E-state index in [0.717, 1.165) is 10.3 Å². The number of amides is 2. The first-order chi connectivity index (χ1) is 12.4. The molecule has 0 spiro atoms. The van der Waals surface area contributed by atoms with Crippen LogP contribution in [0, 0.1) is 0 Å². The molecule has 0 saturated carbocycles. The number of carbonyl (C=O) groups is 1. The van der Waals surface area contributed by atoms with Crippen LogP contribution in [0.15, 0.2) is 41.3 Å². The molecule has 3 heterocycles. The van der Waals surface area contributed by atoms with E-state index in [0.29, 0.717) is 16.7 Å². The van der Waals surface area contributed by atoms with E-state index < -0.39 is 8.07 Å². The summed E-state index contributed by atoms with van der Waals surface area (Å²) in [6.45, 7) is 6.62. The molecule has 0 aliphatic rings. The Morgan fingerprint density at radius 3 is 2.58 bits per heavy atom. The Hall–Kier alpha value is -2.78. The number of hydrogen-bond donors (Lipinski definition) is 2. The molecule has 0 saturated heterocycles. The Bertz CT molecular complexity index is 915. The van der Waals surface area contributed by atoms with Crippen LogP contribution in [-0.2, 0) is 0 Å². The largest absolute Gasteiger partial charge is 0.447 e. The Morgan fingerprint density at radius 2 is 1.88 bits per heavy atom. The lowest BCUT2D eigenvalue weighted by Crippen LogP contribution is -2.36. The molecule has 0 aromatic carbocycles. The van der Waals surface area contributed by atoms with Crippen molar-refractivity contribution in [3.63, 3.8) is 0 Å². The maximum Gasteiger partial charge on any atom is 0.325 e. The quantitative estimate of drug-likeness (QED) is 0.650. The molecular weight excluding hydrogens is 366 g/mol. The zero-order chi connectivity index (χ0) is 18.6. The lowest BCUT2D eigenvalue weighted by atomic mass is 10.4. The second-order valence-electron chi connectivity index (χ2n) is 6.53. The van der Waals surface area contributed by atoms with E-state index in [1.54, 1.807) is 43.0 Å². The highest BCUT2D eigenvalue weighted by atomic mass is 32.1. The van der Waals surface area contributed by atoms with Crippen molar-refractivity contribution in [2.75, 3.05) is 10.6 Å². The van der Waals surface area contributed by atoms with E-state index in [-0.39, 0.29) is 6.03 Å². The molecule has 7 nitrogen and oxygen atoms in total. The minimum absolute atomic E-state index is 0.353. The summed E-state index contributed by atoms with van der Waals surface area (Å²) < 4.78 is 5.77. The fourth-order valence-electron chi connectivity index (χ4n) is 1.98. The van der Waals surface area contributed by atoms with Gasteiger partial charge in [0.05, 0.1) is 6.20 Å². The molecule has 9 heteroatoms. The summed E-state index contributed by atoms with van der Waals surface area (Å²) in [5.41, 5.74) is 0.663. The van der Waals surface area contributed by atoms with Crippen LogP contribution in [-0.4, -0.2) is 29.1 Å². The lowest BCUT2D eigenvalue weighted by molar-refractivity contribution is 0.262. The fourth-order valence-corrected chi connectivity index (χ4v) is 3.56. The van der Waals surface area contributed by atoms with Gasteiger partial charge >= 0.3 is 6.03 Å². The van der Waals surface area contributed by atoms with Crippen molar-refractivity contribution >= 4 is 53.8 Å². The molecular formula is C17H19N5O2SSi. The summed E-state index contributed by atoms with van der Waals surface area (Å²) in [5.74, 6) is 0.570. The summed E-state index contributed by atoms with van der Waals surface area (Å²) in [5, 5.41) is 6.89. The second-order valence-corrected chi connectivity index (χ2v) is 12.6. The van der Waals surface area contributed by atoms with Crippen LogP contribution in [0.1, 0.15) is 10.8 Å². The van der Waals surface area contributed by atoms with Crippen molar-refractivity contribution in [2.24, 2.45) is 0 Å². The van der Waals surface area contributed by atoms with Gasteiger partial charge in [0.15, 0.2) is 5.13 Å². The molecule has 0 radical (unpaired) electrons. The molecule has 0 fully saturated rings. The molecule has 3 aromatic heterocycles. The highest BCUT2D eigenvalue weighted by Gasteiger charge is 2.21. The number of aromatic nitrogens is 3. The number of rotatable bonds is 5. The van der Waals surface area contributed by atoms with Crippen molar-refractivity contribution < 1.29 is 9.21 Å². The number of nitrogens with zero attached hydrogens (tertiary/aromatic N) is 3. The standard InChI is InChI=1S/C17H19N5O2SSi/c1-26(2,3)15-11-19-14(24-15)5-4-13-10-20-17(25-13)22-16(23)21-12-6-8-18-9-7-12/h4-11H,1-3H3,(H2,18,20,21,22,23)/b5-4+. The summed E-state index contributed by atoms with van der Waals surface area (Å²) in [4.78, 5) is 25.2. The highest BCUT2D eigenvalue weighted by molar-refractivity contribution is 7.16. The number of pyridine rings is 1. The van der Waals surface area contributed by atoms with Crippen LogP contribution in [0.25, 0.3) is 12.2 Å². The normalized spacial score (nSPS) is 11.7. The van der Waals surface area contributed by atoms with Gasteiger partial charge < -0.3 is 9.73 Å². The monoisotopic (exact) mass is 385 g/mol. The van der Waals surface area contributed by atoms with Gasteiger partial charge in [-0.15, -0.1) is 0 Å². The molecule has 26 heavy (non-hydrogen) atoms. The van der Waals surface area contributed by atoms with Gasteiger partial charge in [0.1, 0.15) is 13.5 Å². The number of thiazole rings is 1. The SMILES string of the molecule is C[Si](C)(C)c1cnc(/C=C/c2cnc(NC(=O)Nc3ccncc3)s2)o1. The molecule has 0 unspecified atom stereocenters. The molecule has 0 bridgehead atoms. The fraction of sp³-hybridized carbons (Fsp3) is 0.176. The van der Waals surface area contributed by atoms with Gasteiger partial charge in [-0.2, -0.15) is 0 Å². The summed E-state index contributed by atoms with van der Waals surface area (Å²) in [6.07, 6.45) is 10.4. The van der Waals surface area contributed by atoms with Crippen molar-refractivity contribution in [2.45, 2.75) is 19.6 Å². The summed E-state index contributed by atoms with van der Waals surface area (Å²) in [7, 11) is -1.50. The average molecular weight is 386 g/mol. The van der Waals surface area contributed by atoms with Crippen molar-refractivity contribution in [1.82, 2.24) is 15.0 Å². The summed E-state index contributed by atoms with van der Waals surface area (Å²) >= 11 is 1.36. The minimum atomic E-state index is -1.50. The number of hydrogen-bond acceptors (Lipinski definition) is 6. The highest BCUT2D eigenvalue weighted by Crippen LogP contribution is 2.20. The number of nitrogens with one attached hydrogen (secondary N) is 2. The van der Waals surface area contributed by atoms with Crippen LogP contribution >= 0.6 is 11.3 Å². The molecule has 3 rings (SSSR count).